The van der Waals surface area contributed by atoms with E-state index < -0.39 is 0 Å². The maximum atomic E-state index is 12.0. The van der Waals surface area contributed by atoms with Gasteiger partial charge in [-0.3, -0.25) is 4.79 Å². The molecule has 0 spiro atoms. The van der Waals surface area contributed by atoms with E-state index in [2.05, 4.69) is 10.6 Å². The molecule has 1 amide bonds. The van der Waals surface area contributed by atoms with E-state index in [4.69, 9.17) is 12.2 Å². The summed E-state index contributed by atoms with van der Waals surface area (Å²) in [6.07, 6.45) is 15.9. The second kappa shape index (κ2) is 9.39. The van der Waals surface area contributed by atoms with E-state index in [0.29, 0.717) is 17.6 Å². The molecule has 2 aliphatic carbocycles. The molecule has 2 aliphatic rings. The molecule has 2 saturated carbocycles. The Kier molecular flexibility index (Phi) is 7.48. The van der Waals surface area contributed by atoms with Crippen LogP contribution in [0.3, 0.4) is 0 Å². The minimum atomic E-state index is 0.0895. The summed E-state index contributed by atoms with van der Waals surface area (Å²) in [5, 5.41) is 6.73. The molecule has 0 radical (unpaired) electrons. The zero-order valence-electron chi connectivity index (χ0n) is 13.2. The van der Waals surface area contributed by atoms with E-state index in [1.807, 2.05) is 0 Å². The standard InChI is InChI=1S/C17H30N2OS/c20-16(13-12-14-8-4-3-5-9-14)19-17(21)18-15-10-6-1-2-7-11-15/h14-15H,1-13H2,(H2,18,19,20,21). The van der Waals surface area contributed by atoms with Crippen molar-refractivity contribution in [3.05, 3.63) is 0 Å². The first-order chi connectivity index (χ1) is 10.2. The first-order valence-electron chi connectivity index (χ1n) is 8.84. The highest BCUT2D eigenvalue weighted by Gasteiger charge is 2.16. The summed E-state index contributed by atoms with van der Waals surface area (Å²) >= 11 is 5.28. The fourth-order valence-corrected chi connectivity index (χ4v) is 3.93. The topological polar surface area (TPSA) is 41.1 Å². The van der Waals surface area contributed by atoms with Gasteiger partial charge in [-0.25, -0.2) is 0 Å². The molecule has 0 heterocycles. The molecule has 0 unspecified atom stereocenters. The fraction of sp³-hybridized carbons (Fsp3) is 0.882. The SMILES string of the molecule is O=C(CCC1CCCCC1)NC(=S)NC1CCCCCC1. The van der Waals surface area contributed by atoms with Crippen LogP contribution in [0, 0.1) is 5.92 Å². The quantitative estimate of drug-likeness (QED) is 0.608. The molecule has 2 rings (SSSR count). The Morgan fingerprint density at radius 1 is 0.905 bits per heavy atom. The minimum Gasteiger partial charge on any atom is -0.360 e. The molecule has 21 heavy (non-hydrogen) atoms. The van der Waals surface area contributed by atoms with E-state index in [1.54, 1.807) is 0 Å². The molecule has 120 valence electrons. The van der Waals surface area contributed by atoms with Crippen molar-refractivity contribution in [2.45, 2.75) is 89.5 Å². The third kappa shape index (κ3) is 6.77. The highest BCUT2D eigenvalue weighted by molar-refractivity contribution is 7.80. The van der Waals surface area contributed by atoms with Crippen LogP contribution in [0.2, 0.25) is 0 Å². The summed E-state index contributed by atoms with van der Waals surface area (Å²) in [7, 11) is 0. The van der Waals surface area contributed by atoms with Gasteiger partial charge in [0, 0.05) is 12.5 Å². The van der Waals surface area contributed by atoms with Crippen LogP contribution in [0.1, 0.15) is 83.5 Å². The normalized spacial score (nSPS) is 21.5. The van der Waals surface area contributed by atoms with E-state index in [1.165, 1.54) is 70.6 Å². The Hall–Kier alpha value is -0.640. The van der Waals surface area contributed by atoms with Crippen LogP contribution in [0.25, 0.3) is 0 Å². The lowest BCUT2D eigenvalue weighted by Gasteiger charge is -2.21. The van der Waals surface area contributed by atoms with Gasteiger partial charge in [0.15, 0.2) is 5.11 Å². The number of carbonyl (C=O) groups is 1. The molecular formula is C17H30N2OS. The number of hydrogen-bond acceptors (Lipinski definition) is 2. The second-order valence-electron chi connectivity index (χ2n) is 6.75. The van der Waals surface area contributed by atoms with Gasteiger partial charge in [-0.05, 0) is 37.4 Å². The number of nitrogens with one attached hydrogen (secondary N) is 2. The molecule has 2 N–H and O–H groups in total. The summed E-state index contributed by atoms with van der Waals surface area (Å²) in [5.41, 5.74) is 0. The molecule has 0 aliphatic heterocycles. The van der Waals surface area contributed by atoms with Crippen molar-refractivity contribution < 1.29 is 4.79 Å². The molecule has 2 fully saturated rings. The third-order valence-electron chi connectivity index (χ3n) is 4.95. The van der Waals surface area contributed by atoms with Crippen molar-refractivity contribution in [1.29, 1.82) is 0 Å². The minimum absolute atomic E-state index is 0.0895. The highest BCUT2D eigenvalue weighted by atomic mass is 32.1. The maximum Gasteiger partial charge on any atom is 0.226 e. The average molecular weight is 311 g/mol. The van der Waals surface area contributed by atoms with Gasteiger partial charge in [-0.2, -0.15) is 0 Å². The first kappa shape index (κ1) is 16.7. The van der Waals surface area contributed by atoms with Crippen molar-refractivity contribution in [1.82, 2.24) is 10.6 Å². The average Bonchev–Trinajstić information content (AvgIpc) is 2.75. The summed E-state index contributed by atoms with van der Waals surface area (Å²) in [6.45, 7) is 0. The summed E-state index contributed by atoms with van der Waals surface area (Å²) < 4.78 is 0. The number of carbonyl (C=O) groups excluding carboxylic acids is 1. The molecule has 0 bridgehead atoms. The van der Waals surface area contributed by atoms with Crippen LogP contribution in [-0.4, -0.2) is 17.1 Å². The Bertz CT molecular complexity index is 332. The van der Waals surface area contributed by atoms with Gasteiger partial charge in [0.25, 0.3) is 0 Å². The van der Waals surface area contributed by atoms with Crippen LogP contribution in [0.5, 0.6) is 0 Å². The molecule has 0 aromatic carbocycles. The number of rotatable bonds is 4. The Balaban J connectivity index is 1.60. The first-order valence-corrected chi connectivity index (χ1v) is 9.25. The van der Waals surface area contributed by atoms with E-state index in [-0.39, 0.29) is 5.91 Å². The predicted octanol–water partition coefficient (Wildman–Crippen LogP) is 4.06. The number of thiocarbonyl (C=S) groups is 1. The number of amides is 1. The molecule has 4 heteroatoms. The van der Waals surface area contributed by atoms with Gasteiger partial charge >= 0.3 is 0 Å². The Morgan fingerprint density at radius 3 is 2.14 bits per heavy atom. The fourth-order valence-electron chi connectivity index (χ4n) is 3.65. The third-order valence-corrected chi connectivity index (χ3v) is 5.17. The van der Waals surface area contributed by atoms with E-state index >= 15 is 0 Å². The van der Waals surface area contributed by atoms with Crippen LogP contribution in [0.15, 0.2) is 0 Å². The van der Waals surface area contributed by atoms with Crippen LogP contribution >= 0.6 is 12.2 Å². The maximum absolute atomic E-state index is 12.0. The largest absolute Gasteiger partial charge is 0.360 e. The molecule has 0 aromatic heterocycles. The van der Waals surface area contributed by atoms with Crippen molar-refractivity contribution >= 4 is 23.2 Å². The van der Waals surface area contributed by atoms with Gasteiger partial charge < -0.3 is 10.6 Å². The second-order valence-corrected chi connectivity index (χ2v) is 7.16. The lowest BCUT2D eigenvalue weighted by atomic mass is 9.86. The van der Waals surface area contributed by atoms with Crippen molar-refractivity contribution in [2.24, 2.45) is 5.92 Å². The summed E-state index contributed by atoms with van der Waals surface area (Å²) in [6, 6.07) is 0.457. The van der Waals surface area contributed by atoms with E-state index in [9.17, 15) is 4.79 Å². The van der Waals surface area contributed by atoms with Crippen molar-refractivity contribution in [2.75, 3.05) is 0 Å². The van der Waals surface area contributed by atoms with Crippen LogP contribution in [-0.2, 0) is 4.79 Å². The lowest BCUT2D eigenvalue weighted by Crippen LogP contribution is -2.44. The molecule has 0 atom stereocenters. The van der Waals surface area contributed by atoms with Gasteiger partial charge in [0.05, 0.1) is 0 Å². The summed E-state index contributed by atoms with van der Waals surface area (Å²) in [5.74, 6) is 0.847. The Labute approximate surface area is 134 Å². The van der Waals surface area contributed by atoms with Crippen molar-refractivity contribution in [3.8, 4) is 0 Å². The smallest absolute Gasteiger partial charge is 0.226 e. The van der Waals surface area contributed by atoms with Gasteiger partial charge in [-0.1, -0.05) is 57.8 Å². The lowest BCUT2D eigenvalue weighted by molar-refractivity contribution is -0.120. The Morgan fingerprint density at radius 2 is 1.48 bits per heavy atom. The van der Waals surface area contributed by atoms with Crippen LogP contribution in [0.4, 0.5) is 0 Å². The predicted molar refractivity (Wildman–Crippen MR) is 91.2 cm³/mol. The number of hydrogen-bond donors (Lipinski definition) is 2. The van der Waals surface area contributed by atoms with Gasteiger partial charge in [-0.15, -0.1) is 0 Å². The monoisotopic (exact) mass is 310 g/mol. The molecule has 0 aromatic rings. The zero-order valence-corrected chi connectivity index (χ0v) is 14.0. The highest BCUT2D eigenvalue weighted by Crippen LogP contribution is 2.27. The summed E-state index contributed by atoms with van der Waals surface area (Å²) in [4.78, 5) is 12.0. The van der Waals surface area contributed by atoms with E-state index in [0.717, 1.165) is 12.3 Å². The van der Waals surface area contributed by atoms with Crippen LogP contribution < -0.4 is 10.6 Å². The molecular weight excluding hydrogens is 280 g/mol. The van der Waals surface area contributed by atoms with Crippen molar-refractivity contribution in [3.63, 3.8) is 0 Å². The van der Waals surface area contributed by atoms with Gasteiger partial charge in [0.1, 0.15) is 0 Å². The zero-order chi connectivity index (χ0) is 14.9. The molecule has 0 saturated heterocycles. The molecule has 3 nitrogen and oxygen atoms in total. The van der Waals surface area contributed by atoms with Gasteiger partial charge in [0.2, 0.25) is 5.91 Å².